The fraction of sp³-hybridized carbons (Fsp3) is 0.125. The highest BCUT2D eigenvalue weighted by Crippen LogP contribution is 2.34. The Hall–Kier alpha value is -2.83. The van der Waals surface area contributed by atoms with Crippen LogP contribution in [0.4, 0.5) is 18.9 Å². The molecule has 0 saturated heterocycles. The molecule has 0 fully saturated rings. The van der Waals surface area contributed by atoms with E-state index in [2.05, 4.69) is 5.32 Å². The molecular formula is C16H12F3NO3. The standard InChI is InChI=1S/C16H12F3NO3/c1-10(21)23-12-6-4-5-11(9-12)15(22)20-14-8-3-2-7-13(14)16(17,18)19/h2-9H,1H3,(H,20,22). The van der Waals surface area contributed by atoms with Crippen LogP contribution in [0.2, 0.25) is 0 Å². The van der Waals surface area contributed by atoms with Gasteiger partial charge in [-0.05, 0) is 30.3 Å². The number of ether oxygens (including phenoxy) is 1. The molecule has 0 aliphatic heterocycles. The third-order valence-electron chi connectivity index (χ3n) is 2.84. The fourth-order valence-corrected chi connectivity index (χ4v) is 1.90. The maximum Gasteiger partial charge on any atom is 0.418 e. The predicted octanol–water partition coefficient (Wildman–Crippen LogP) is 3.88. The van der Waals surface area contributed by atoms with Crippen molar-refractivity contribution in [3.63, 3.8) is 0 Å². The van der Waals surface area contributed by atoms with Crippen LogP contribution in [0.1, 0.15) is 22.8 Å². The number of hydrogen-bond donors (Lipinski definition) is 1. The molecule has 1 N–H and O–H groups in total. The molecule has 0 aromatic heterocycles. The summed E-state index contributed by atoms with van der Waals surface area (Å²) >= 11 is 0. The molecule has 120 valence electrons. The molecule has 23 heavy (non-hydrogen) atoms. The zero-order valence-corrected chi connectivity index (χ0v) is 12.0. The molecular weight excluding hydrogens is 311 g/mol. The molecule has 0 unspecified atom stereocenters. The van der Waals surface area contributed by atoms with Crippen molar-refractivity contribution in [3.05, 3.63) is 59.7 Å². The molecule has 0 aliphatic rings. The van der Waals surface area contributed by atoms with Crippen molar-refractivity contribution < 1.29 is 27.5 Å². The molecule has 0 heterocycles. The van der Waals surface area contributed by atoms with Crippen molar-refractivity contribution >= 4 is 17.6 Å². The first-order valence-electron chi connectivity index (χ1n) is 6.53. The van der Waals surface area contributed by atoms with E-state index in [1.807, 2.05) is 0 Å². The third-order valence-corrected chi connectivity index (χ3v) is 2.84. The number of halogens is 3. The minimum Gasteiger partial charge on any atom is -0.427 e. The summed E-state index contributed by atoms with van der Waals surface area (Å²) in [6.45, 7) is 1.20. The van der Waals surface area contributed by atoms with Gasteiger partial charge >= 0.3 is 12.1 Å². The van der Waals surface area contributed by atoms with E-state index in [4.69, 9.17) is 4.74 Å². The number of hydrogen-bond acceptors (Lipinski definition) is 3. The number of carbonyl (C=O) groups is 2. The first-order valence-corrected chi connectivity index (χ1v) is 6.53. The average molecular weight is 323 g/mol. The molecule has 0 radical (unpaired) electrons. The molecule has 2 aromatic carbocycles. The van der Waals surface area contributed by atoms with Crippen molar-refractivity contribution in [2.45, 2.75) is 13.1 Å². The molecule has 7 heteroatoms. The van der Waals surface area contributed by atoms with Gasteiger partial charge in [0.25, 0.3) is 5.91 Å². The van der Waals surface area contributed by atoms with Crippen LogP contribution >= 0.6 is 0 Å². The molecule has 0 aliphatic carbocycles. The van der Waals surface area contributed by atoms with Gasteiger partial charge in [-0.25, -0.2) is 0 Å². The third kappa shape index (κ3) is 4.32. The highest BCUT2D eigenvalue weighted by atomic mass is 19.4. The quantitative estimate of drug-likeness (QED) is 0.689. The number of rotatable bonds is 3. The minimum absolute atomic E-state index is 0.0701. The summed E-state index contributed by atoms with van der Waals surface area (Å²) in [7, 11) is 0. The van der Waals surface area contributed by atoms with Crippen molar-refractivity contribution in [1.82, 2.24) is 0 Å². The average Bonchev–Trinajstić information content (AvgIpc) is 2.46. The van der Waals surface area contributed by atoms with E-state index in [1.54, 1.807) is 0 Å². The van der Waals surface area contributed by atoms with Crippen LogP contribution in [0.3, 0.4) is 0 Å². The Morgan fingerprint density at radius 2 is 1.74 bits per heavy atom. The van der Waals surface area contributed by atoms with E-state index in [-0.39, 0.29) is 17.0 Å². The van der Waals surface area contributed by atoms with E-state index >= 15 is 0 Å². The smallest absolute Gasteiger partial charge is 0.418 e. The number of alkyl halides is 3. The number of carbonyl (C=O) groups excluding carboxylic acids is 2. The topological polar surface area (TPSA) is 55.4 Å². The summed E-state index contributed by atoms with van der Waals surface area (Å²) in [6, 6.07) is 10.3. The molecule has 0 spiro atoms. The summed E-state index contributed by atoms with van der Waals surface area (Å²) < 4.78 is 43.5. The first kappa shape index (κ1) is 16.5. The van der Waals surface area contributed by atoms with Gasteiger partial charge in [0.05, 0.1) is 11.3 Å². The number of esters is 1. The molecule has 0 atom stereocenters. The molecule has 4 nitrogen and oxygen atoms in total. The summed E-state index contributed by atoms with van der Waals surface area (Å²) in [5.41, 5.74) is -1.21. The molecule has 0 saturated carbocycles. The van der Waals surface area contributed by atoms with Crippen LogP contribution in [-0.4, -0.2) is 11.9 Å². The van der Waals surface area contributed by atoms with E-state index in [0.717, 1.165) is 12.1 Å². The van der Waals surface area contributed by atoms with Crippen molar-refractivity contribution in [2.75, 3.05) is 5.32 Å². The summed E-state index contributed by atoms with van der Waals surface area (Å²) in [6.07, 6.45) is -4.58. The largest absolute Gasteiger partial charge is 0.427 e. The Bertz CT molecular complexity index is 741. The molecule has 1 amide bonds. The van der Waals surface area contributed by atoms with Gasteiger partial charge in [0, 0.05) is 12.5 Å². The van der Waals surface area contributed by atoms with Gasteiger partial charge in [-0.15, -0.1) is 0 Å². The van der Waals surface area contributed by atoms with E-state index in [0.29, 0.717) is 0 Å². The fourth-order valence-electron chi connectivity index (χ4n) is 1.90. The Labute approximate surface area is 129 Å². The number of para-hydroxylation sites is 1. The van der Waals surface area contributed by atoms with Crippen molar-refractivity contribution in [1.29, 1.82) is 0 Å². The lowest BCUT2D eigenvalue weighted by Gasteiger charge is -2.13. The number of nitrogens with one attached hydrogen (secondary N) is 1. The van der Waals surface area contributed by atoms with Gasteiger partial charge in [0.15, 0.2) is 0 Å². The maximum absolute atomic E-state index is 12.9. The molecule has 2 rings (SSSR count). The van der Waals surface area contributed by atoms with Gasteiger partial charge in [-0.1, -0.05) is 18.2 Å². The Balaban J connectivity index is 2.25. The monoisotopic (exact) mass is 323 g/mol. The molecule has 0 bridgehead atoms. The Morgan fingerprint density at radius 1 is 1.04 bits per heavy atom. The number of anilines is 1. The Kier molecular flexibility index (Phi) is 4.68. The second-order valence-corrected chi connectivity index (χ2v) is 4.62. The van der Waals surface area contributed by atoms with Gasteiger partial charge < -0.3 is 10.1 Å². The zero-order chi connectivity index (χ0) is 17.0. The lowest BCUT2D eigenvalue weighted by Crippen LogP contribution is -2.16. The van der Waals surface area contributed by atoms with Crippen molar-refractivity contribution in [2.24, 2.45) is 0 Å². The van der Waals surface area contributed by atoms with Crippen LogP contribution in [0.25, 0.3) is 0 Å². The normalized spacial score (nSPS) is 11.0. The van der Waals surface area contributed by atoms with Gasteiger partial charge in [0.1, 0.15) is 5.75 Å². The van der Waals surface area contributed by atoms with E-state index in [1.165, 1.54) is 43.3 Å². The SMILES string of the molecule is CC(=O)Oc1cccc(C(=O)Nc2ccccc2C(F)(F)F)c1. The second kappa shape index (κ2) is 6.51. The van der Waals surface area contributed by atoms with E-state index in [9.17, 15) is 22.8 Å². The van der Waals surface area contributed by atoms with Crippen LogP contribution in [0, 0.1) is 0 Å². The van der Waals surface area contributed by atoms with Gasteiger partial charge in [0.2, 0.25) is 0 Å². The molecule has 2 aromatic rings. The maximum atomic E-state index is 12.9. The van der Waals surface area contributed by atoms with Crippen LogP contribution in [-0.2, 0) is 11.0 Å². The Morgan fingerprint density at radius 3 is 2.39 bits per heavy atom. The first-order chi connectivity index (χ1) is 10.8. The van der Waals surface area contributed by atoms with Gasteiger partial charge in [-0.3, -0.25) is 9.59 Å². The van der Waals surface area contributed by atoms with Crippen LogP contribution in [0.5, 0.6) is 5.75 Å². The summed E-state index contributed by atoms with van der Waals surface area (Å²) in [5.74, 6) is -1.17. The van der Waals surface area contributed by atoms with Crippen molar-refractivity contribution in [3.8, 4) is 5.75 Å². The summed E-state index contributed by atoms with van der Waals surface area (Å²) in [4.78, 5) is 23.0. The van der Waals surface area contributed by atoms with Crippen LogP contribution < -0.4 is 10.1 Å². The predicted molar refractivity (Wildman–Crippen MR) is 77.1 cm³/mol. The van der Waals surface area contributed by atoms with Gasteiger partial charge in [-0.2, -0.15) is 13.2 Å². The lowest BCUT2D eigenvalue weighted by atomic mass is 10.1. The number of benzene rings is 2. The second-order valence-electron chi connectivity index (χ2n) is 4.62. The zero-order valence-electron chi connectivity index (χ0n) is 12.0. The highest BCUT2D eigenvalue weighted by Gasteiger charge is 2.33. The summed E-state index contributed by atoms with van der Waals surface area (Å²) in [5, 5.41) is 2.21. The minimum atomic E-state index is -4.58. The van der Waals surface area contributed by atoms with Crippen LogP contribution in [0.15, 0.2) is 48.5 Å². The lowest BCUT2D eigenvalue weighted by molar-refractivity contribution is -0.137. The number of amides is 1. The van der Waals surface area contributed by atoms with E-state index < -0.39 is 23.6 Å². The highest BCUT2D eigenvalue weighted by molar-refractivity contribution is 6.05.